The molecule has 0 fully saturated rings. The van der Waals surface area contributed by atoms with E-state index in [0.29, 0.717) is 11.3 Å². The lowest BCUT2D eigenvalue weighted by atomic mass is 10.3. The molecule has 88 valence electrons. The van der Waals surface area contributed by atoms with Gasteiger partial charge in [-0.05, 0) is 24.6 Å². The highest BCUT2D eigenvalue weighted by Crippen LogP contribution is 2.15. The molecule has 0 aliphatic rings. The zero-order valence-corrected chi connectivity index (χ0v) is 10.2. The van der Waals surface area contributed by atoms with E-state index in [2.05, 4.69) is 15.3 Å². The molecule has 0 spiro atoms. The van der Waals surface area contributed by atoms with Gasteiger partial charge in [-0.1, -0.05) is 11.6 Å². The highest BCUT2D eigenvalue weighted by molar-refractivity contribution is 6.32. The standard InChI is InChI=1S/C10H7Cl2N3O2/c1-5-2-6(4-17-5)9(16)14-8-3-7(11)13-10(12)15-8/h2-4H,1H3,(H,13,14,15,16). The van der Waals surface area contributed by atoms with Crippen LogP contribution >= 0.6 is 23.2 Å². The van der Waals surface area contributed by atoms with E-state index in [9.17, 15) is 4.79 Å². The SMILES string of the molecule is Cc1cc(C(=O)Nc2cc(Cl)nc(Cl)n2)co1. The fourth-order valence-corrected chi connectivity index (χ4v) is 1.61. The average Bonchev–Trinajstić information content (AvgIpc) is 2.63. The third kappa shape index (κ3) is 2.95. The normalized spacial score (nSPS) is 10.3. The van der Waals surface area contributed by atoms with E-state index in [1.54, 1.807) is 13.0 Å². The number of nitrogens with zero attached hydrogens (tertiary/aromatic N) is 2. The van der Waals surface area contributed by atoms with Crippen LogP contribution in [0.5, 0.6) is 0 Å². The molecule has 7 heteroatoms. The Labute approximate surface area is 107 Å². The van der Waals surface area contributed by atoms with Crippen LogP contribution in [0.4, 0.5) is 5.82 Å². The first-order chi connectivity index (χ1) is 8.04. The number of furan rings is 1. The molecule has 0 aromatic carbocycles. The third-order valence-corrected chi connectivity index (χ3v) is 2.26. The van der Waals surface area contributed by atoms with Crippen molar-refractivity contribution < 1.29 is 9.21 Å². The Morgan fingerprint density at radius 1 is 1.35 bits per heavy atom. The molecule has 2 aromatic rings. The van der Waals surface area contributed by atoms with Crippen molar-refractivity contribution in [1.82, 2.24) is 9.97 Å². The molecule has 17 heavy (non-hydrogen) atoms. The second-order valence-corrected chi connectivity index (χ2v) is 3.97. The molecule has 0 aliphatic carbocycles. The summed E-state index contributed by atoms with van der Waals surface area (Å²) in [6, 6.07) is 3.01. The summed E-state index contributed by atoms with van der Waals surface area (Å²) < 4.78 is 5.03. The van der Waals surface area contributed by atoms with Gasteiger partial charge in [0, 0.05) is 6.07 Å². The van der Waals surface area contributed by atoms with Crippen molar-refractivity contribution in [2.24, 2.45) is 0 Å². The molecule has 2 rings (SSSR count). The molecule has 2 heterocycles. The van der Waals surface area contributed by atoms with Crippen molar-refractivity contribution in [3.8, 4) is 0 Å². The van der Waals surface area contributed by atoms with Crippen molar-refractivity contribution in [1.29, 1.82) is 0 Å². The number of carbonyl (C=O) groups is 1. The maximum atomic E-state index is 11.7. The molecular formula is C10H7Cl2N3O2. The number of halogens is 2. The van der Waals surface area contributed by atoms with Gasteiger partial charge in [-0.15, -0.1) is 0 Å². The smallest absolute Gasteiger partial charge is 0.260 e. The van der Waals surface area contributed by atoms with Gasteiger partial charge in [-0.2, -0.15) is 0 Å². The summed E-state index contributed by atoms with van der Waals surface area (Å²) in [6.45, 7) is 1.75. The van der Waals surface area contributed by atoms with E-state index in [-0.39, 0.29) is 22.2 Å². The predicted octanol–water partition coefficient (Wildman–Crippen LogP) is 2.94. The van der Waals surface area contributed by atoms with Gasteiger partial charge in [0.1, 0.15) is 23.0 Å². The molecule has 1 N–H and O–H groups in total. The first-order valence-electron chi connectivity index (χ1n) is 4.61. The second kappa shape index (κ2) is 4.73. The van der Waals surface area contributed by atoms with Crippen molar-refractivity contribution >= 4 is 34.9 Å². The summed E-state index contributed by atoms with van der Waals surface area (Å²) in [6.07, 6.45) is 1.36. The van der Waals surface area contributed by atoms with Crippen molar-refractivity contribution in [3.05, 3.63) is 40.2 Å². The lowest BCUT2D eigenvalue weighted by molar-refractivity contribution is 0.102. The lowest BCUT2D eigenvalue weighted by Gasteiger charge is -2.02. The highest BCUT2D eigenvalue weighted by atomic mass is 35.5. The minimum atomic E-state index is -0.354. The van der Waals surface area contributed by atoms with Crippen LogP contribution in [0.2, 0.25) is 10.4 Å². The predicted molar refractivity (Wildman–Crippen MR) is 63.5 cm³/mol. The summed E-state index contributed by atoms with van der Waals surface area (Å²) in [4.78, 5) is 19.2. The van der Waals surface area contributed by atoms with Crippen LogP contribution in [0.25, 0.3) is 0 Å². The summed E-state index contributed by atoms with van der Waals surface area (Å²) in [5, 5.41) is 2.66. The summed E-state index contributed by atoms with van der Waals surface area (Å²) in [7, 11) is 0. The van der Waals surface area contributed by atoms with Gasteiger partial charge in [0.05, 0.1) is 5.56 Å². The summed E-state index contributed by atoms with van der Waals surface area (Å²) in [5.41, 5.74) is 0.397. The van der Waals surface area contributed by atoms with Gasteiger partial charge in [0.25, 0.3) is 5.91 Å². The molecule has 0 saturated carbocycles. The minimum Gasteiger partial charge on any atom is -0.469 e. The van der Waals surface area contributed by atoms with Crippen LogP contribution in [0.1, 0.15) is 16.1 Å². The van der Waals surface area contributed by atoms with E-state index in [1.807, 2.05) is 0 Å². The summed E-state index contributed by atoms with van der Waals surface area (Å²) in [5.74, 6) is 0.528. The third-order valence-electron chi connectivity index (χ3n) is 1.90. The number of rotatable bonds is 2. The zero-order chi connectivity index (χ0) is 12.4. The van der Waals surface area contributed by atoms with Gasteiger partial charge in [0.15, 0.2) is 0 Å². The van der Waals surface area contributed by atoms with Gasteiger partial charge in [-0.25, -0.2) is 9.97 Å². The van der Waals surface area contributed by atoms with Gasteiger partial charge in [-0.3, -0.25) is 4.79 Å². The Morgan fingerprint density at radius 3 is 2.71 bits per heavy atom. The summed E-state index contributed by atoms with van der Waals surface area (Å²) >= 11 is 11.3. The maximum Gasteiger partial charge on any atom is 0.260 e. The first-order valence-corrected chi connectivity index (χ1v) is 5.37. The van der Waals surface area contributed by atoms with Crippen LogP contribution in [-0.2, 0) is 0 Å². The molecule has 0 radical (unpaired) electrons. The van der Waals surface area contributed by atoms with E-state index >= 15 is 0 Å². The molecule has 5 nitrogen and oxygen atoms in total. The first kappa shape index (κ1) is 11.9. The fraction of sp³-hybridized carbons (Fsp3) is 0.100. The van der Waals surface area contributed by atoms with E-state index in [1.165, 1.54) is 12.3 Å². The van der Waals surface area contributed by atoms with Crippen molar-refractivity contribution in [3.63, 3.8) is 0 Å². The topological polar surface area (TPSA) is 68.0 Å². The lowest BCUT2D eigenvalue weighted by Crippen LogP contribution is -2.12. The number of hydrogen-bond acceptors (Lipinski definition) is 4. The quantitative estimate of drug-likeness (QED) is 0.674. The van der Waals surface area contributed by atoms with Crippen LogP contribution in [0, 0.1) is 6.92 Å². The highest BCUT2D eigenvalue weighted by Gasteiger charge is 2.10. The van der Waals surface area contributed by atoms with Gasteiger partial charge < -0.3 is 9.73 Å². The van der Waals surface area contributed by atoms with E-state index in [4.69, 9.17) is 27.6 Å². The van der Waals surface area contributed by atoms with Crippen LogP contribution in [-0.4, -0.2) is 15.9 Å². The number of anilines is 1. The number of amides is 1. The Balaban J connectivity index is 2.18. The van der Waals surface area contributed by atoms with Crippen molar-refractivity contribution in [2.75, 3.05) is 5.32 Å². The molecule has 1 amide bonds. The second-order valence-electron chi connectivity index (χ2n) is 3.25. The van der Waals surface area contributed by atoms with Crippen LogP contribution in [0.3, 0.4) is 0 Å². The number of carbonyl (C=O) groups excluding carboxylic acids is 1. The van der Waals surface area contributed by atoms with Crippen LogP contribution in [0.15, 0.2) is 22.8 Å². The molecule has 0 saturated heterocycles. The Kier molecular flexibility index (Phi) is 3.31. The Bertz CT molecular complexity index is 548. The number of hydrogen-bond donors (Lipinski definition) is 1. The molecule has 0 atom stereocenters. The molecule has 0 bridgehead atoms. The molecule has 2 aromatic heterocycles. The Morgan fingerprint density at radius 2 is 2.12 bits per heavy atom. The van der Waals surface area contributed by atoms with Crippen LogP contribution < -0.4 is 5.32 Å². The van der Waals surface area contributed by atoms with E-state index in [0.717, 1.165) is 0 Å². The molecule has 0 unspecified atom stereocenters. The number of aryl methyl sites for hydroxylation is 1. The molecular weight excluding hydrogens is 265 g/mol. The van der Waals surface area contributed by atoms with Gasteiger partial charge in [0.2, 0.25) is 5.28 Å². The van der Waals surface area contributed by atoms with E-state index < -0.39 is 0 Å². The zero-order valence-electron chi connectivity index (χ0n) is 8.70. The largest absolute Gasteiger partial charge is 0.469 e. The molecule has 0 aliphatic heterocycles. The monoisotopic (exact) mass is 271 g/mol. The minimum absolute atomic E-state index is 0.0313. The number of nitrogens with one attached hydrogen (secondary N) is 1. The maximum absolute atomic E-state index is 11.7. The van der Waals surface area contributed by atoms with Gasteiger partial charge >= 0.3 is 0 Å². The van der Waals surface area contributed by atoms with Crippen molar-refractivity contribution in [2.45, 2.75) is 6.92 Å². The Hall–Kier alpha value is -1.59. The number of aromatic nitrogens is 2. The average molecular weight is 272 g/mol. The fourth-order valence-electron chi connectivity index (χ4n) is 1.20.